The molecule has 0 aromatic carbocycles. The van der Waals surface area contributed by atoms with E-state index in [0.717, 1.165) is 0 Å². The number of aromatic carboxylic acids is 1. The molecule has 0 saturated heterocycles. The van der Waals surface area contributed by atoms with Crippen molar-refractivity contribution in [2.45, 2.75) is 6.61 Å². The second kappa shape index (κ2) is 4.92. The predicted octanol–water partition coefficient (Wildman–Crippen LogP) is 0.722. The Kier molecular flexibility index (Phi) is 3.33. The van der Waals surface area contributed by atoms with Crippen LogP contribution in [0.3, 0.4) is 0 Å². The third-order valence-electron chi connectivity index (χ3n) is 2.48. The van der Waals surface area contributed by atoms with Crippen LogP contribution in [0, 0.1) is 0 Å². The molecule has 0 bridgehead atoms. The molecule has 18 heavy (non-hydrogen) atoms. The minimum atomic E-state index is -1.06. The van der Waals surface area contributed by atoms with Crippen molar-refractivity contribution >= 4 is 5.97 Å². The maximum atomic E-state index is 10.7. The lowest BCUT2D eigenvalue weighted by molar-refractivity contribution is 0.0690. The first kappa shape index (κ1) is 12.2. The largest absolute Gasteiger partial charge is 0.477 e. The smallest absolute Gasteiger partial charge is 0.354 e. The zero-order valence-electron chi connectivity index (χ0n) is 9.99. The molecule has 0 atom stereocenters. The topological polar surface area (TPSA) is 90.1 Å². The fraction of sp³-hybridized carbons (Fsp3) is 0.273. The second-order valence-electron chi connectivity index (χ2n) is 3.67. The number of carbonyl (C=O) groups is 1. The molecule has 2 aromatic rings. The van der Waals surface area contributed by atoms with E-state index in [1.165, 1.54) is 12.3 Å². The van der Waals surface area contributed by atoms with E-state index >= 15 is 0 Å². The average Bonchev–Trinajstić information content (AvgIpc) is 2.72. The van der Waals surface area contributed by atoms with E-state index in [-0.39, 0.29) is 5.69 Å². The lowest BCUT2D eigenvalue weighted by Gasteiger charge is -2.03. The first-order valence-electron chi connectivity index (χ1n) is 5.20. The van der Waals surface area contributed by atoms with Gasteiger partial charge in [0.05, 0.1) is 0 Å². The van der Waals surface area contributed by atoms with Crippen LogP contribution >= 0.6 is 0 Å². The van der Waals surface area contributed by atoms with Gasteiger partial charge in [-0.15, -0.1) is 10.2 Å². The van der Waals surface area contributed by atoms with Crippen LogP contribution < -0.4 is 0 Å². The van der Waals surface area contributed by atoms with E-state index in [2.05, 4.69) is 15.2 Å². The lowest BCUT2D eigenvalue weighted by atomic mass is 10.2. The van der Waals surface area contributed by atoms with Crippen LogP contribution in [0.4, 0.5) is 0 Å². The number of carboxylic acid groups (broad SMARTS) is 1. The van der Waals surface area contributed by atoms with Gasteiger partial charge in [0.25, 0.3) is 0 Å². The molecule has 0 aliphatic carbocycles. The van der Waals surface area contributed by atoms with Gasteiger partial charge in [-0.05, 0) is 12.1 Å². The summed E-state index contributed by atoms with van der Waals surface area (Å²) < 4.78 is 6.77. The van der Waals surface area contributed by atoms with Gasteiger partial charge >= 0.3 is 5.97 Å². The molecule has 0 aliphatic heterocycles. The maximum Gasteiger partial charge on any atom is 0.354 e. The van der Waals surface area contributed by atoms with E-state index in [4.69, 9.17) is 9.84 Å². The lowest BCUT2D eigenvalue weighted by Crippen LogP contribution is -2.02. The molecule has 0 aliphatic rings. The molecule has 0 radical (unpaired) electrons. The molecule has 0 amide bonds. The number of hydrogen-bond donors (Lipinski definition) is 1. The van der Waals surface area contributed by atoms with Gasteiger partial charge in [0.2, 0.25) is 0 Å². The molecule has 2 heterocycles. The summed E-state index contributed by atoms with van der Waals surface area (Å²) in [4.78, 5) is 14.5. The van der Waals surface area contributed by atoms with Crippen molar-refractivity contribution in [2.24, 2.45) is 7.05 Å². The van der Waals surface area contributed by atoms with Crippen molar-refractivity contribution in [2.75, 3.05) is 7.11 Å². The molecular weight excluding hydrogens is 236 g/mol. The van der Waals surface area contributed by atoms with Crippen LogP contribution in [-0.2, 0) is 18.4 Å². The molecule has 0 saturated carbocycles. The number of carboxylic acids is 1. The monoisotopic (exact) mass is 248 g/mol. The molecule has 0 fully saturated rings. The van der Waals surface area contributed by atoms with Crippen molar-refractivity contribution < 1.29 is 14.6 Å². The fourth-order valence-electron chi connectivity index (χ4n) is 1.52. The molecule has 2 rings (SSSR count). The summed E-state index contributed by atoms with van der Waals surface area (Å²) in [6, 6.07) is 3.08. The number of rotatable bonds is 4. The summed E-state index contributed by atoms with van der Waals surface area (Å²) in [5.41, 5.74) is 0.704. The van der Waals surface area contributed by atoms with Crippen molar-refractivity contribution in [1.82, 2.24) is 19.7 Å². The van der Waals surface area contributed by atoms with Crippen LogP contribution in [0.2, 0.25) is 0 Å². The first-order valence-corrected chi connectivity index (χ1v) is 5.20. The standard InChI is InChI=1S/C11H12N4O3/c1-15-9(6-18-2)13-14-10(15)7-3-4-8(11(16)17)12-5-7/h3-5H,6H2,1-2H3,(H,16,17). The zero-order chi connectivity index (χ0) is 13.1. The van der Waals surface area contributed by atoms with Gasteiger partial charge in [-0.3, -0.25) is 0 Å². The van der Waals surface area contributed by atoms with Gasteiger partial charge in [0.1, 0.15) is 12.3 Å². The third kappa shape index (κ3) is 2.21. The molecule has 0 spiro atoms. The Balaban J connectivity index is 2.34. The Morgan fingerprint density at radius 2 is 2.22 bits per heavy atom. The first-order chi connectivity index (χ1) is 8.63. The highest BCUT2D eigenvalue weighted by Crippen LogP contribution is 2.16. The number of methoxy groups -OCH3 is 1. The highest BCUT2D eigenvalue weighted by atomic mass is 16.5. The number of nitrogens with zero attached hydrogens (tertiary/aromatic N) is 4. The molecule has 7 heteroatoms. The fourth-order valence-corrected chi connectivity index (χ4v) is 1.52. The predicted molar refractivity (Wildman–Crippen MR) is 61.9 cm³/mol. The molecule has 7 nitrogen and oxygen atoms in total. The summed E-state index contributed by atoms with van der Waals surface area (Å²) in [5, 5.41) is 16.8. The van der Waals surface area contributed by atoms with Gasteiger partial charge in [-0.1, -0.05) is 0 Å². The molecule has 0 unspecified atom stereocenters. The van der Waals surface area contributed by atoms with Crippen LogP contribution in [0.5, 0.6) is 0 Å². The van der Waals surface area contributed by atoms with E-state index in [0.29, 0.717) is 23.8 Å². The summed E-state index contributed by atoms with van der Waals surface area (Å²) in [6.45, 7) is 0.365. The van der Waals surface area contributed by atoms with Crippen molar-refractivity contribution in [3.63, 3.8) is 0 Å². The Bertz CT molecular complexity index is 562. The van der Waals surface area contributed by atoms with Gasteiger partial charge in [-0.2, -0.15) is 0 Å². The molecule has 1 N–H and O–H groups in total. The average molecular weight is 248 g/mol. The van der Waals surface area contributed by atoms with Crippen LogP contribution in [0.25, 0.3) is 11.4 Å². The quantitative estimate of drug-likeness (QED) is 0.857. The number of aromatic nitrogens is 4. The zero-order valence-corrected chi connectivity index (χ0v) is 9.99. The summed E-state index contributed by atoms with van der Waals surface area (Å²) in [6.07, 6.45) is 1.46. The minimum Gasteiger partial charge on any atom is -0.477 e. The van der Waals surface area contributed by atoms with Crippen molar-refractivity contribution in [3.8, 4) is 11.4 Å². The van der Waals surface area contributed by atoms with Crippen molar-refractivity contribution in [3.05, 3.63) is 29.8 Å². The molecule has 2 aromatic heterocycles. The highest BCUT2D eigenvalue weighted by molar-refractivity contribution is 5.85. The van der Waals surface area contributed by atoms with Crippen LogP contribution in [-0.4, -0.2) is 37.9 Å². The minimum absolute atomic E-state index is 0.00182. The van der Waals surface area contributed by atoms with E-state index in [1.807, 2.05) is 7.05 Å². The molecular formula is C11H12N4O3. The molecule has 94 valence electrons. The number of hydrogen-bond acceptors (Lipinski definition) is 5. The number of ether oxygens (including phenoxy) is 1. The van der Waals surface area contributed by atoms with Crippen LogP contribution in [0.15, 0.2) is 18.3 Å². The van der Waals surface area contributed by atoms with E-state index in [9.17, 15) is 4.79 Å². The Labute approximate surface area is 103 Å². The Morgan fingerprint density at radius 1 is 1.44 bits per heavy atom. The number of pyridine rings is 1. The Hall–Kier alpha value is -2.28. The summed E-state index contributed by atoms with van der Waals surface area (Å²) in [5.74, 6) is 0.251. The van der Waals surface area contributed by atoms with E-state index < -0.39 is 5.97 Å². The maximum absolute atomic E-state index is 10.7. The van der Waals surface area contributed by atoms with E-state index in [1.54, 1.807) is 17.7 Å². The van der Waals surface area contributed by atoms with Gasteiger partial charge in [-0.25, -0.2) is 9.78 Å². The second-order valence-corrected chi connectivity index (χ2v) is 3.67. The summed E-state index contributed by atoms with van der Waals surface area (Å²) in [7, 11) is 3.40. The highest BCUT2D eigenvalue weighted by Gasteiger charge is 2.11. The normalized spacial score (nSPS) is 10.6. The van der Waals surface area contributed by atoms with Gasteiger partial charge in [0, 0.05) is 25.9 Å². The van der Waals surface area contributed by atoms with Gasteiger partial charge < -0.3 is 14.4 Å². The Morgan fingerprint density at radius 3 is 2.78 bits per heavy atom. The third-order valence-corrected chi connectivity index (χ3v) is 2.48. The SMILES string of the molecule is COCc1nnc(-c2ccc(C(=O)O)nc2)n1C. The summed E-state index contributed by atoms with van der Waals surface area (Å²) >= 11 is 0. The van der Waals surface area contributed by atoms with Crippen LogP contribution in [0.1, 0.15) is 16.3 Å². The van der Waals surface area contributed by atoms with Crippen molar-refractivity contribution in [1.29, 1.82) is 0 Å². The van der Waals surface area contributed by atoms with Gasteiger partial charge in [0.15, 0.2) is 11.6 Å².